The molecule has 0 saturated heterocycles. The first-order valence-corrected chi connectivity index (χ1v) is 12.3. The molecular formula is C30H30N2O4. The van der Waals surface area contributed by atoms with Crippen molar-refractivity contribution in [1.29, 1.82) is 0 Å². The third-order valence-electron chi connectivity index (χ3n) is 6.48. The van der Waals surface area contributed by atoms with Gasteiger partial charge in [0.25, 0.3) is 0 Å². The molecule has 1 N–H and O–H groups in total. The molecule has 1 heterocycles. The Bertz CT molecular complexity index is 1400. The number of aryl methyl sites for hydroxylation is 1. The number of aromatic carboxylic acids is 1. The van der Waals surface area contributed by atoms with Gasteiger partial charge in [-0.15, -0.1) is 0 Å². The smallest absolute Gasteiger partial charge is 0.336 e. The van der Waals surface area contributed by atoms with Crippen molar-refractivity contribution < 1.29 is 14.7 Å². The van der Waals surface area contributed by atoms with Crippen molar-refractivity contribution in [2.24, 2.45) is 0 Å². The molecule has 1 aromatic heterocycles. The quantitative estimate of drug-likeness (QED) is 0.288. The summed E-state index contributed by atoms with van der Waals surface area (Å²) in [4.78, 5) is 37.2. The average Bonchev–Trinajstić information content (AvgIpc) is 3.16. The van der Waals surface area contributed by atoms with E-state index in [1.165, 1.54) is 0 Å². The molecule has 0 bridgehead atoms. The number of carboxylic acid groups (broad SMARTS) is 1. The SMILES string of the molecule is CCCCc1c(C=O)n(CCc2ccccc2)c(=O)n1Cc1ccc(-c2ccccc2C(=O)O)cc1. The number of hydrogen-bond acceptors (Lipinski definition) is 3. The van der Waals surface area contributed by atoms with E-state index in [9.17, 15) is 19.5 Å². The standard InChI is InChI=1S/C30H30N2O4/c1-2-3-13-27-28(21-33)31(19-18-22-9-5-4-6-10-22)30(36)32(27)20-23-14-16-24(17-15-23)25-11-7-8-12-26(25)29(34)35/h4-12,14-17,21H,2-3,13,18-20H2,1H3,(H,34,35). The Hall–Kier alpha value is -4.19. The molecule has 36 heavy (non-hydrogen) atoms. The second kappa shape index (κ2) is 11.5. The molecule has 3 aromatic carbocycles. The molecule has 4 rings (SSSR count). The van der Waals surface area contributed by atoms with E-state index in [2.05, 4.69) is 6.92 Å². The predicted octanol–water partition coefficient (Wildman–Crippen LogP) is 5.46. The fourth-order valence-corrected chi connectivity index (χ4v) is 4.56. The number of aldehydes is 1. The lowest BCUT2D eigenvalue weighted by molar-refractivity contribution is 0.0697. The van der Waals surface area contributed by atoms with Gasteiger partial charge in [0.2, 0.25) is 0 Å². The number of carbonyl (C=O) groups is 2. The van der Waals surface area contributed by atoms with Gasteiger partial charge in [0, 0.05) is 6.54 Å². The van der Waals surface area contributed by atoms with Crippen LogP contribution in [0.5, 0.6) is 0 Å². The second-order valence-electron chi connectivity index (χ2n) is 8.86. The van der Waals surface area contributed by atoms with Crippen LogP contribution in [0, 0.1) is 0 Å². The van der Waals surface area contributed by atoms with E-state index >= 15 is 0 Å². The van der Waals surface area contributed by atoms with Crippen LogP contribution in [0.1, 0.15) is 57.4 Å². The Labute approximate surface area is 210 Å². The molecule has 0 fully saturated rings. The van der Waals surface area contributed by atoms with E-state index in [1.807, 2.05) is 60.7 Å². The number of unbranched alkanes of at least 4 members (excludes halogenated alkanes) is 1. The van der Waals surface area contributed by atoms with Crippen LogP contribution in [-0.2, 0) is 25.9 Å². The number of rotatable bonds is 11. The maximum atomic E-state index is 13.5. The third kappa shape index (κ3) is 5.38. The van der Waals surface area contributed by atoms with E-state index in [4.69, 9.17) is 0 Å². The maximum absolute atomic E-state index is 13.5. The van der Waals surface area contributed by atoms with Gasteiger partial charge in [-0.05, 0) is 47.6 Å². The van der Waals surface area contributed by atoms with Crippen molar-refractivity contribution in [1.82, 2.24) is 9.13 Å². The van der Waals surface area contributed by atoms with Crippen molar-refractivity contribution in [2.45, 2.75) is 45.7 Å². The minimum atomic E-state index is -0.972. The number of carboxylic acids is 1. The fraction of sp³-hybridized carbons (Fsp3) is 0.233. The summed E-state index contributed by atoms with van der Waals surface area (Å²) in [5.74, 6) is -0.972. The van der Waals surface area contributed by atoms with Crippen LogP contribution in [0.3, 0.4) is 0 Å². The molecule has 0 aliphatic heterocycles. The molecule has 0 saturated carbocycles. The maximum Gasteiger partial charge on any atom is 0.336 e. The van der Waals surface area contributed by atoms with E-state index in [1.54, 1.807) is 27.3 Å². The Morgan fingerprint density at radius 2 is 1.56 bits per heavy atom. The predicted molar refractivity (Wildman–Crippen MR) is 141 cm³/mol. The summed E-state index contributed by atoms with van der Waals surface area (Å²) in [6, 6.07) is 24.4. The molecular weight excluding hydrogens is 452 g/mol. The van der Waals surface area contributed by atoms with Crippen LogP contribution >= 0.6 is 0 Å². The minimum Gasteiger partial charge on any atom is -0.478 e. The highest BCUT2D eigenvalue weighted by molar-refractivity contribution is 5.96. The Kier molecular flexibility index (Phi) is 7.95. The lowest BCUT2D eigenvalue weighted by Gasteiger charge is -2.10. The Morgan fingerprint density at radius 3 is 2.22 bits per heavy atom. The summed E-state index contributed by atoms with van der Waals surface area (Å²) >= 11 is 0. The van der Waals surface area contributed by atoms with Gasteiger partial charge in [-0.2, -0.15) is 0 Å². The zero-order valence-electron chi connectivity index (χ0n) is 20.4. The molecule has 4 aromatic rings. The van der Waals surface area contributed by atoms with E-state index in [0.29, 0.717) is 37.2 Å². The molecule has 6 heteroatoms. The van der Waals surface area contributed by atoms with Gasteiger partial charge < -0.3 is 5.11 Å². The van der Waals surface area contributed by atoms with Crippen LogP contribution in [0.2, 0.25) is 0 Å². The van der Waals surface area contributed by atoms with Gasteiger partial charge in [-0.1, -0.05) is 86.1 Å². The molecule has 184 valence electrons. The summed E-state index contributed by atoms with van der Waals surface area (Å²) in [5.41, 5.74) is 4.75. The van der Waals surface area contributed by atoms with E-state index in [0.717, 1.165) is 41.5 Å². The molecule has 0 spiro atoms. The number of nitrogens with zero attached hydrogens (tertiary/aromatic N) is 2. The molecule has 0 radical (unpaired) electrons. The van der Waals surface area contributed by atoms with Crippen molar-refractivity contribution in [2.75, 3.05) is 0 Å². The van der Waals surface area contributed by atoms with E-state index < -0.39 is 5.97 Å². The van der Waals surface area contributed by atoms with Crippen molar-refractivity contribution in [3.8, 4) is 11.1 Å². The van der Waals surface area contributed by atoms with Crippen LogP contribution in [0.15, 0.2) is 83.7 Å². The zero-order valence-corrected chi connectivity index (χ0v) is 20.4. The second-order valence-corrected chi connectivity index (χ2v) is 8.86. The van der Waals surface area contributed by atoms with Crippen LogP contribution in [0.25, 0.3) is 11.1 Å². The lowest BCUT2D eigenvalue weighted by Crippen LogP contribution is -2.26. The molecule has 0 amide bonds. The van der Waals surface area contributed by atoms with Gasteiger partial charge in [-0.25, -0.2) is 9.59 Å². The first-order chi connectivity index (χ1) is 17.5. The Balaban J connectivity index is 1.65. The van der Waals surface area contributed by atoms with Gasteiger partial charge >= 0.3 is 11.7 Å². The molecule has 0 unspecified atom stereocenters. The highest BCUT2D eigenvalue weighted by atomic mass is 16.4. The summed E-state index contributed by atoms with van der Waals surface area (Å²) in [6.45, 7) is 2.87. The summed E-state index contributed by atoms with van der Waals surface area (Å²) < 4.78 is 3.31. The number of hydrogen-bond donors (Lipinski definition) is 1. The number of aromatic nitrogens is 2. The summed E-state index contributed by atoms with van der Waals surface area (Å²) in [5, 5.41) is 9.51. The normalized spacial score (nSPS) is 10.9. The van der Waals surface area contributed by atoms with Crippen LogP contribution < -0.4 is 5.69 Å². The van der Waals surface area contributed by atoms with Gasteiger partial charge in [0.15, 0.2) is 6.29 Å². The monoisotopic (exact) mass is 482 g/mol. The lowest BCUT2D eigenvalue weighted by atomic mass is 9.99. The first kappa shape index (κ1) is 24.9. The average molecular weight is 483 g/mol. The summed E-state index contributed by atoms with van der Waals surface area (Å²) in [6.07, 6.45) is 3.96. The first-order valence-electron chi connectivity index (χ1n) is 12.3. The van der Waals surface area contributed by atoms with Gasteiger partial charge in [0.1, 0.15) is 5.69 Å². The highest BCUT2D eigenvalue weighted by Gasteiger charge is 2.19. The molecule has 0 aliphatic rings. The number of imidazole rings is 1. The van der Waals surface area contributed by atoms with Gasteiger partial charge in [0.05, 0.1) is 17.8 Å². The van der Waals surface area contributed by atoms with Crippen LogP contribution in [0.4, 0.5) is 0 Å². The largest absolute Gasteiger partial charge is 0.478 e. The van der Waals surface area contributed by atoms with E-state index in [-0.39, 0.29) is 11.3 Å². The molecule has 6 nitrogen and oxygen atoms in total. The Morgan fingerprint density at radius 1 is 0.861 bits per heavy atom. The minimum absolute atomic E-state index is 0.181. The number of carbonyl (C=O) groups excluding carboxylic acids is 1. The zero-order chi connectivity index (χ0) is 25.5. The molecule has 0 atom stereocenters. The van der Waals surface area contributed by atoms with Crippen molar-refractivity contribution in [3.63, 3.8) is 0 Å². The molecule has 0 aliphatic carbocycles. The number of benzene rings is 3. The van der Waals surface area contributed by atoms with Crippen molar-refractivity contribution >= 4 is 12.3 Å². The summed E-state index contributed by atoms with van der Waals surface area (Å²) in [7, 11) is 0. The van der Waals surface area contributed by atoms with Crippen molar-refractivity contribution in [3.05, 3.63) is 117 Å². The van der Waals surface area contributed by atoms with Gasteiger partial charge in [-0.3, -0.25) is 13.9 Å². The van der Waals surface area contributed by atoms with Crippen LogP contribution in [-0.4, -0.2) is 26.5 Å². The highest BCUT2D eigenvalue weighted by Crippen LogP contribution is 2.24. The third-order valence-corrected chi connectivity index (χ3v) is 6.48. The fourth-order valence-electron chi connectivity index (χ4n) is 4.56. The topological polar surface area (TPSA) is 81.3 Å².